The third kappa shape index (κ3) is 3.59. The van der Waals surface area contributed by atoms with Crippen molar-refractivity contribution in [3.05, 3.63) is 29.8 Å². The monoisotopic (exact) mass is 243 g/mol. The summed E-state index contributed by atoms with van der Waals surface area (Å²) < 4.78 is 22.0. The number of primary sulfonamides is 1. The Hall–Kier alpha value is -0.910. The van der Waals surface area contributed by atoms with Crippen molar-refractivity contribution in [2.75, 3.05) is 0 Å². The van der Waals surface area contributed by atoms with Crippen LogP contribution in [0.4, 0.5) is 0 Å². The standard InChI is InChI=1S/C11H17NO3S/c1-8(2)11(13)7-9-3-5-10(6-4-9)16(12,14)15/h3-6,8,11,13H,7H2,1-2H3,(H2,12,14,15). The van der Waals surface area contributed by atoms with Crippen molar-refractivity contribution in [3.8, 4) is 0 Å². The maximum atomic E-state index is 11.0. The van der Waals surface area contributed by atoms with E-state index in [-0.39, 0.29) is 10.8 Å². The Morgan fingerprint density at radius 3 is 2.12 bits per heavy atom. The number of benzene rings is 1. The Kier molecular flexibility index (Phi) is 4.07. The molecule has 0 fully saturated rings. The van der Waals surface area contributed by atoms with Crippen molar-refractivity contribution in [2.24, 2.45) is 11.1 Å². The molecule has 0 heterocycles. The van der Waals surface area contributed by atoms with E-state index in [1.807, 2.05) is 13.8 Å². The minimum absolute atomic E-state index is 0.0929. The first kappa shape index (κ1) is 13.2. The van der Waals surface area contributed by atoms with Gasteiger partial charge >= 0.3 is 0 Å². The zero-order chi connectivity index (χ0) is 12.3. The Labute approximate surface area is 96.2 Å². The summed E-state index contributed by atoms with van der Waals surface area (Å²) in [5.74, 6) is 0.179. The fraction of sp³-hybridized carbons (Fsp3) is 0.455. The fourth-order valence-corrected chi connectivity index (χ4v) is 1.81. The van der Waals surface area contributed by atoms with Crippen molar-refractivity contribution in [2.45, 2.75) is 31.3 Å². The zero-order valence-electron chi connectivity index (χ0n) is 9.42. The smallest absolute Gasteiger partial charge is 0.238 e. The highest BCUT2D eigenvalue weighted by molar-refractivity contribution is 7.89. The van der Waals surface area contributed by atoms with Crippen LogP contribution in [0.25, 0.3) is 0 Å². The van der Waals surface area contributed by atoms with Crippen LogP contribution >= 0.6 is 0 Å². The van der Waals surface area contributed by atoms with Crippen LogP contribution < -0.4 is 5.14 Å². The fourth-order valence-electron chi connectivity index (χ4n) is 1.29. The highest BCUT2D eigenvalue weighted by Crippen LogP contribution is 2.13. The van der Waals surface area contributed by atoms with Gasteiger partial charge in [-0.15, -0.1) is 0 Å². The molecular weight excluding hydrogens is 226 g/mol. The molecule has 0 bridgehead atoms. The number of sulfonamides is 1. The van der Waals surface area contributed by atoms with E-state index in [4.69, 9.17) is 5.14 Å². The zero-order valence-corrected chi connectivity index (χ0v) is 10.2. The molecule has 0 amide bonds. The molecule has 0 aromatic heterocycles. The molecule has 0 saturated heterocycles. The van der Waals surface area contributed by atoms with Crippen LogP contribution in [0.5, 0.6) is 0 Å². The van der Waals surface area contributed by atoms with E-state index in [0.29, 0.717) is 6.42 Å². The molecule has 16 heavy (non-hydrogen) atoms. The normalized spacial score (nSPS) is 14.1. The first-order valence-corrected chi connectivity index (χ1v) is 6.65. The topological polar surface area (TPSA) is 80.4 Å². The highest BCUT2D eigenvalue weighted by atomic mass is 32.2. The molecule has 0 aliphatic rings. The van der Waals surface area contributed by atoms with Gasteiger partial charge in [0.05, 0.1) is 11.0 Å². The van der Waals surface area contributed by atoms with Gasteiger partial charge in [0.15, 0.2) is 0 Å². The van der Waals surface area contributed by atoms with Crippen LogP contribution in [0.3, 0.4) is 0 Å². The lowest BCUT2D eigenvalue weighted by Gasteiger charge is -2.14. The van der Waals surface area contributed by atoms with E-state index < -0.39 is 16.1 Å². The lowest BCUT2D eigenvalue weighted by atomic mass is 9.99. The molecule has 0 spiro atoms. The van der Waals surface area contributed by atoms with E-state index in [1.165, 1.54) is 12.1 Å². The lowest BCUT2D eigenvalue weighted by molar-refractivity contribution is 0.125. The van der Waals surface area contributed by atoms with Crippen LogP contribution in [-0.4, -0.2) is 19.6 Å². The largest absolute Gasteiger partial charge is 0.393 e. The van der Waals surface area contributed by atoms with Crippen LogP contribution in [0.15, 0.2) is 29.2 Å². The van der Waals surface area contributed by atoms with E-state index in [2.05, 4.69) is 0 Å². The van der Waals surface area contributed by atoms with Crippen molar-refractivity contribution in [3.63, 3.8) is 0 Å². The summed E-state index contributed by atoms with van der Waals surface area (Å²) in [5.41, 5.74) is 0.897. The van der Waals surface area contributed by atoms with Crippen molar-refractivity contribution >= 4 is 10.0 Å². The second kappa shape index (κ2) is 4.95. The van der Waals surface area contributed by atoms with Gasteiger partial charge in [-0.3, -0.25) is 0 Å². The summed E-state index contributed by atoms with van der Waals surface area (Å²) in [6.45, 7) is 3.87. The van der Waals surface area contributed by atoms with Gasteiger partial charge in [0.1, 0.15) is 0 Å². The summed E-state index contributed by atoms with van der Waals surface area (Å²) in [5, 5.41) is 14.6. The van der Waals surface area contributed by atoms with Crippen LogP contribution in [-0.2, 0) is 16.4 Å². The molecule has 0 aliphatic carbocycles. The van der Waals surface area contributed by atoms with E-state index in [9.17, 15) is 13.5 Å². The molecule has 0 saturated carbocycles. The Balaban J connectivity index is 2.80. The van der Waals surface area contributed by atoms with Crippen molar-refractivity contribution in [1.29, 1.82) is 0 Å². The van der Waals surface area contributed by atoms with E-state index in [1.54, 1.807) is 12.1 Å². The molecule has 5 heteroatoms. The molecule has 4 nitrogen and oxygen atoms in total. The number of hydrogen-bond donors (Lipinski definition) is 2. The quantitative estimate of drug-likeness (QED) is 0.824. The van der Waals surface area contributed by atoms with E-state index >= 15 is 0 Å². The molecule has 1 aromatic rings. The van der Waals surface area contributed by atoms with Gasteiger partial charge in [-0.2, -0.15) is 0 Å². The highest BCUT2D eigenvalue weighted by Gasteiger charge is 2.11. The number of aliphatic hydroxyl groups excluding tert-OH is 1. The molecule has 1 rings (SSSR count). The first-order chi connectivity index (χ1) is 7.30. The SMILES string of the molecule is CC(C)C(O)Cc1ccc(S(N)(=O)=O)cc1. The third-order valence-corrected chi connectivity index (χ3v) is 3.40. The molecule has 1 unspecified atom stereocenters. The van der Waals surface area contributed by atoms with Gasteiger partial charge in [-0.25, -0.2) is 13.6 Å². The average molecular weight is 243 g/mol. The summed E-state index contributed by atoms with van der Waals surface area (Å²) in [4.78, 5) is 0.0929. The number of nitrogens with two attached hydrogens (primary N) is 1. The van der Waals surface area contributed by atoms with Gasteiger partial charge in [0.25, 0.3) is 0 Å². The molecule has 1 aromatic carbocycles. The van der Waals surface area contributed by atoms with E-state index in [0.717, 1.165) is 5.56 Å². The van der Waals surface area contributed by atoms with Gasteiger partial charge in [0, 0.05) is 0 Å². The molecule has 90 valence electrons. The van der Waals surface area contributed by atoms with Gasteiger partial charge in [-0.05, 0) is 30.0 Å². The van der Waals surface area contributed by atoms with Crippen molar-refractivity contribution < 1.29 is 13.5 Å². The third-order valence-electron chi connectivity index (χ3n) is 2.47. The minimum Gasteiger partial charge on any atom is -0.393 e. The summed E-state index contributed by atoms with van der Waals surface area (Å²) in [6, 6.07) is 6.26. The number of hydrogen-bond acceptors (Lipinski definition) is 3. The van der Waals surface area contributed by atoms with Crippen LogP contribution in [0.2, 0.25) is 0 Å². The molecular formula is C11H17NO3S. The second-order valence-corrected chi connectivity index (χ2v) is 5.77. The minimum atomic E-state index is -3.63. The molecule has 0 radical (unpaired) electrons. The maximum absolute atomic E-state index is 11.0. The van der Waals surface area contributed by atoms with Crippen molar-refractivity contribution in [1.82, 2.24) is 0 Å². The molecule has 3 N–H and O–H groups in total. The van der Waals surface area contributed by atoms with Gasteiger partial charge in [0.2, 0.25) is 10.0 Å². The maximum Gasteiger partial charge on any atom is 0.238 e. The van der Waals surface area contributed by atoms with Crippen LogP contribution in [0, 0.1) is 5.92 Å². The van der Waals surface area contributed by atoms with Crippen LogP contribution in [0.1, 0.15) is 19.4 Å². The Bertz CT molecular complexity index is 437. The summed E-state index contributed by atoms with van der Waals surface area (Å²) in [7, 11) is -3.63. The lowest BCUT2D eigenvalue weighted by Crippen LogP contribution is -2.17. The van der Waals surface area contributed by atoms with Gasteiger partial charge < -0.3 is 5.11 Å². The first-order valence-electron chi connectivity index (χ1n) is 5.10. The molecule has 1 atom stereocenters. The molecule has 0 aliphatic heterocycles. The Morgan fingerprint density at radius 1 is 1.25 bits per heavy atom. The Morgan fingerprint density at radius 2 is 1.75 bits per heavy atom. The summed E-state index contributed by atoms with van der Waals surface area (Å²) in [6.07, 6.45) is 0.100. The predicted octanol–water partition coefficient (Wildman–Crippen LogP) is 0.893. The average Bonchev–Trinajstić information content (AvgIpc) is 2.17. The summed E-state index contributed by atoms with van der Waals surface area (Å²) >= 11 is 0. The van der Waals surface area contributed by atoms with Gasteiger partial charge in [-0.1, -0.05) is 26.0 Å². The second-order valence-electron chi connectivity index (χ2n) is 4.20. The number of rotatable bonds is 4. The predicted molar refractivity (Wildman–Crippen MR) is 62.4 cm³/mol. The number of aliphatic hydroxyl groups is 1.